The van der Waals surface area contributed by atoms with Gasteiger partial charge >= 0.3 is 0 Å². The number of carbonyl (C=O) groups is 1. The molecule has 20 heavy (non-hydrogen) atoms. The quantitative estimate of drug-likeness (QED) is 0.781. The molecule has 0 aromatic heterocycles. The van der Waals surface area contributed by atoms with Crippen LogP contribution < -0.4 is 4.74 Å². The maximum atomic E-state index is 13.3. The lowest BCUT2D eigenvalue weighted by molar-refractivity contribution is 0.112. The first-order valence-electron chi connectivity index (χ1n) is 6.22. The van der Waals surface area contributed by atoms with Gasteiger partial charge in [-0.2, -0.15) is 0 Å². The van der Waals surface area contributed by atoms with E-state index in [2.05, 4.69) is 0 Å². The Kier molecular flexibility index (Phi) is 4.13. The molecule has 0 aliphatic rings. The van der Waals surface area contributed by atoms with Crippen molar-refractivity contribution in [3.05, 3.63) is 53.6 Å². The van der Waals surface area contributed by atoms with Crippen molar-refractivity contribution in [2.45, 2.75) is 20.0 Å². The number of halogens is 2. The summed E-state index contributed by atoms with van der Waals surface area (Å²) in [6.07, 6.45) is 0.660. The zero-order chi connectivity index (χ0) is 14.7. The lowest BCUT2D eigenvalue weighted by Gasteiger charge is -2.12. The van der Waals surface area contributed by atoms with E-state index in [0.717, 1.165) is 12.1 Å². The molecule has 0 heterocycles. The number of carbonyl (C=O) groups excluding carboxylic acids is 1. The van der Waals surface area contributed by atoms with Crippen molar-refractivity contribution in [2.24, 2.45) is 0 Å². The summed E-state index contributed by atoms with van der Waals surface area (Å²) >= 11 is 0. The Bertz CT molecular complexity index is 636. The van der Waals surface area contributed by atoms with E-state index < -0.39 is 11.6 Å². The maximum absolute atomic E-state index is 13.3. The van der Waals surface area contributed by atoms with E-state index in [-0.39, 0.29) is 6.10 Å². The Morgan fingerprint density at radius 2 is 1.80 bits per heavy atom. The predicted molar refractivity (Wildman–Crippen MR) is 72.9 cm³/mol. The van der Waals surface area contributed by atoms with E-state index in [9.17, 15) is 13.6 Å². The summed E-state index contributed by atoms with van der Waals surface area (Å²) in [6.45, 7) is 3.76. The van der Waals surface area contributed by atoms with Gasteiger partial charge in [0.25, 0.3) is 0 Å². The van der Waals surface area contributed by atoms with Crippen LogP contribution in [0.5, 0.6) is 5.75 Å². The SMILES string of the molecule is CC(C)Oc1ccc(-c2ccc(F)c(F)c2)c(C=O)c1. The number of hydrogen-bond donors (Lipinski definition) is 0. The molecule has 0 amide bonds. The molecular weight excluding hydrogens is 262 g/mol. The van der Waals surface area contributed by atoms with Crippen LogP contribution in [-0.2, 0) is 0 Å². The van der Waals surface area contributed by atoms with Crippen LogP contribution >= 0.6 is 0 Å². The highest BCUT2D eigenvalue weighted by molar-refractivity contribution is 5.88. The molecule has 0 aliphatic carbocycles. The highest BCUT2D eigenvalue weighted by atomic mass is 19.2. The Morgan fingerprint density at radius 1 is 1.05 bits per heavy atom. The fraction of sp³-hybridized carbons (Fsp3) is 0.188. The monoisotopic (exact) mass is 276 g/mol. The van der Waals surface area contributed by atoms with Gasteiger partial charge in [0.05, 0.1) is 6.10 Å². The molecule has 0 N–H and O–H groups in total. The second-order valence-electron chi connectivity index (χ2n) is 4.66. The molecule has 4 heteroatoms. The van der Waals surface area contributed by atoms with Crippen LogP contribution in [0.25, 0.3) is 11.1 Å². The van der Waals surface area contributed by atoms with E-state index in [4.69, 9.17) is 4.74 Å². The number of benzene rings is 2. The van der Waals surface area contributed by atoms with Crippen LogP contribution in [0.4, 0.5) is 8.78 Å². The molecule has 0 aliphatic heterocycles. The summed E-state index contributed by atoms with van der Waals surface area (Å²) in [7, 11) is 0. The van der Waals surface area contributed by atoms with Crippen molar-refractivity contribution in [3.63, 3.8) is 0 Å². The fourth-order valence-corrected chi connectivity index (χ4v) is 1.91. The number of rotatable bonds is 4. The van der Waals surface area contributed by atoms with Gasteiger partial charge in [0.1, 0.15) is 5.75 Å². The molecule has 0 saturated carbocycles. The van der Waals surface area contributed by atoms with E-state index in [0.29, 0.717) is 28.7 Å². The van der Waals surface area contributed by atoms with Gasteiger partial charge < -0.3 is 4.74 Å². The standard InChI is InChI=1S/C16H14F2O2/c1-10(2)20-13-4-5-14(12(7-13)9-19)11-3-6-15(17)16(18)8-11/h3-10H,1-2H3. The summed E-state index contributed by atoms with van der Waals surface area (Å²) in [5, 5.41) is 0. The van der Waals surface area contributed by atoms with Crippen LogP contribution in [0.15, 0.2) is 36.4 Å². The van der Waals surface area contributed by atoms with Crippen molar-refractivity contribution in [2.75, 3.05) is 0 Å². The second-order valence-corrected chi connectivity index (χ2v) is 4.66. The lowest BCUT2D eigenvalue weighted by Crippen LogP contribution is -2.05. The molecule has 2 aromatic carbocycles. The third kappa shape index (κ3) is 3.02. The largest absolute Gasteiger partial charge is 0.491 e. The molecule has 0 fully saturated rings. The van der Waals surface area contributed by atoms with Gasteiger partial charge in [-0.25, -0.2) is 8.78 Å². The minimum atomic E-state index is -0.943. The van der Waals surface area contributed by atoms with Crippen molar-refractivity contribution in [1.29, 1.82) is 0 Å². The predicted octanol–water partition coefficient (Wildman–Crippen LogP) is 4.23. The molecule has 0 bridgehead atoms. The number of ether oxygens (including phenoxy) is 1. The number of hydrogen-bond acceptors (Lipinski definition) is 2. The first-order valence-corrected chi connectivity index (χ1v) is 6.22. The molecular formula is C16H14F2O2. The van der Waals surface area contributed by atoms with E-state index in [1.54, 1.807) is 18.2 Å². The fourth-order valence-electron chi connectivity index (χ4n) is 1.91. The second kappa shape index (κ2) is 5.82. The molecule has 0 atom stereocenters. The molecule has 0 unspecified atom stereocenters. The first-order chi connectivity index (χ1) is 9.51. The zero-order valence-electron chi connectivity index (χ0n) is 11.2. The average molecular weight is 276 g/mol. The van der Waals surface area contributed by atoms with Gasteiger partial charge in [-0.3, -0.25) is 4.79 Å². The Morgan fingerprint density at radius 3 is 2.40 bits per heavy atom. The lowest BCUT2D eigenvalue weighted by atomic mass is 10.00. The van der Waals surface area contributed by atoms with Gasteiger partial charge in [0.2, 0.25) is 0 Å². The molecule has 2 rings (SSSR count). The minimum Gasteiger partial charge on any atom is -0.491 e. The summed E-state index contributed by atoms with van der Waals surface area (Å²) < 4.78 is 31.7. The molecule has 0 radical (unpaired) electrons. The third-order valence-electron chi connectivity index (χ3n) is 2.75. The van der Waals surface area contributed by atoms with Gasteiger partial charge in [0, 0.05) is 5.56 Å². The molecule has 0 saturated heterocycles. The van der Waals surface area contributed by atoms with Gasteiger partial charge in [-0.05, 0) is 55.3 Å². The van der Waals surface area contributed by atoms with Crippen LogP contribution in [-0.4, -0.2) is 12.4 Å². The molecule has 104 valence electrons. The summed E-state index contributed by atoms with van der Waals surface area (Å²) in [5.41, 5.74) is 1.35. The summed E-state index contributed by atoms with van der Waals surface area (Å²) in [5.74, 6) is -1.29. The van der Waals surface area contributed by atoms with Gasteiger partial charge in [0.15, 0.2) is 17.9 Å². The number of aldehydes is 1. The molecule has 2 nitrogen and oxygen atoms in total. The Balaban J connectivity index is 2.45. The normalized spacial score (nSPS) is 10.7. The molecule has 2 aromatic rings. The summed E-state index contributed by atoms with van der Waals surface area (Å²) in [6, 6.07) is 8.49. The van der Waals surface area contributed by atoms with E-state index in [1.807, 2.05) is 13.8 Å². The average Bonchev–Trinajstić information content (AvgIpc) is 2.41. The highest BCUT2D eigenvalue weighted by Crippen LogP contribution is 2.28. The van der Waals surface area contributed by atoms with Crippen molar-refractivity contribution in [1.82, 2.24) is 0 Å². The topological polar surface area (TPSA) is 26.3 Å². The summed E-state index contributed by atoms with van der Waals surface area (Å²) in [4.78, 5) is 11.2. The van der Waals surface area contributed by atoms with Crippen LogP contribution in [0.2, 0.25) is 0 Å². The van der Waals surface area contributed by atoms with Crippen LogP contribution in [0.1, 0.15) is 24.2 Å². The van der Waals surface area contributed by atoms with Gasteiger partial charge in [-0.15, -0.1) is 0 Å². The Hall–Kier alpha value is -2.23. The minimum absolute atomic E-state index is 0.0105. The van der Waals surface area contributed by atoms with E-state index in [1.165, 1.54) is 6.07 Å². The van der Waals surface area contributed by atoms with Crippen LogP contribution in [0.3, 0.4) is 0 Å². The first kappa shape index (κ1) is 14.2. The molecule has 0 spiro atoms. The van der Waals surface area contributed by atoms with Crippen molar-refractivity contribution < 1.29 is 18.3 Å². The van der Waals surface area contributed by atoms with Gasteiger partial charge in [-0.1, -0.05) is 6.07 Å². The smallest absolute Gasteiger partial charge is 0.159 e. The maximum Gasteiger partial charge on any atom is 0.159 e. The third-order valence-corrected chi connectivity index (χ3v) is 2.75. The van der Waals surface area contributed by atoms with Crippen LogP contribution in [0, 0.1) is 11.6 Å². The zero-order valence-corrected chi connectivity index (χ0v) is 11.2. The highest BCUT2D eigenvalue weighted by Gasteiger charge is 2.10. The van der Waals surface area contributed by atoms with E-state index >= 15 is 0 Å². The van der Waals surface area contributed by atoms with Crippen molar-refractivity contribution >= 4 is 6.29 Å². The van der Waals surface area contributed by atoms with Crippen molar-refractivity contribution in [3.8, 4) is 16.9 Å². The Labute approximate surface area is 116 Å².